The van der Waals surface area contributed by atoms with E-state index in [-0.39, 0.29) is 5.56 Å². The second-order valence-electron chi connectivity index (χ2n) is 5.14. The first kappa shape index (κ1) is 17.4. The van der Waals surface area contributed by atoms with Gasteiger partial charge in [0.1, 0.15) is 22.8 Å². The van der Waals surface area contributed by atoms with Gasteiger partial charge < -0.3 is 10.2 Å². The minimum absolute atomic E-state index is 0.181. The van der Waals surface area contributed by atoms with E-state index >= 15 is 0 Å². The molecule has 0 aromatic heterocycles. The molecular formula is C16H12ClF3N2S2. The number of thioether (sulfide) groups is 1. The fourth-order valence-corrected chi connectivity index (χ4v) is 4.25. The molecule has 0 saturated carbocycles. The molecule has 1 N–H and O–H groups in total. The van der Waals surface area contributed by atoms with Gasteiger partial charge in [-0.25, -0.2) is 13.2 Å². The van der Waals surface area contributed by atoms with Crippen molar-refractivity contribution in [3.8, 4) is 0 Å². The van der Waals surface area contributed by atoms with Crippen LogP contribution >= 0.6 is 35.6 Å². The third-order valence-electron chi connectivity index (χ3n) is 3.54. The van der Waals surface area contributed by atoms with Crippen LogP contribution < -0.4 is 5.32 Å². The molecule has 1 aliphatic rings. The van der Waals surface area contributed by atoms with Crippen LogP contribution in [0.2, 0.25) is 5.02 Å². The standard InChI is InChI=1S/C16H12ClF3N2S2/c17-9-1-3-11(4-2-9)21-16(23)22-5-6-24-15(22)14-12(19)7-10(18)8-13(14)20/h1-4,7-8,15H,5-6H2,(H,21,23)/t15-/m1/s1. The lowest BCUT2D eigenvalue weighted by Crippen LogP contribution is -2.34. The van der Waals surface area contributed by atoms with E-state index in [9.17, 15) is 13.2 Å². The predicted octanol–water partition coefficient (Wildman–Crippen LogP) is 5.20. The van der Waals surface area contributed by atoms with E-state index in [1.807, 2.05) is 0 Å². The normalized spacial score (nSPS) is 17.2. The highest BCUT2D eigenvalue weighted by Gasteiger charge is 2.33. The molecule has 2 nitrogen and oxygen atoms in total. The summed E-state index contributed by atoms with van der Waals surface area (Å²) in [6.45, 7) is 0.533. The number of halogens is 4. The highest BCUT2D eigenvalue weighted by Crippen LogP contribution is 2.40. The fraction of sp³-hybridized carbons (Fsp3) is 0.188. The van der Waals surface area contributed by atoms with Gasteiger partial charge in [0, 0.05) is 35.1 Å². The Bertz CT molecular complexity index is 747. The van der Waals surface area contributed by atoms with Gasteiger partial charge in [0.15, 0.2) is 5.11 Å². The molecule has 1 fully saturated rings. The minimum atomic E-state index is -0.940. The van der Waals surface area contributed by atoms with Gasteiger partial charge >= 0.3 is 0 Å². The van der Waals surface area contributed by atoms with Crippen LogP contribution in [-0.4, -0.2) is 22.3 Å². The maximum absolute atomic E-state index is 14.1. The van der Waals surface area contributed by atoms with E-state index in [1.54, 1.807) is 29.2 Å². The fourth-order valence-electron chi connectivity index (χ4n) is 2.43. The van der Waals surface area contributed by atoms with Gasteiger partial charge in [0.2, 0.25) is 0 Å². The molecule has 8 heteroatoms. The molecule has 126 valence electrons. The van der Waals surface area contributed by atoms with Gasteiger partial charge in [0.05, 0.1) is 5.56 Å². The van der Waals surface area contributed by atoms with E-state index in [0.717, 1.165) is 5.69 Å². The quantitative estimate of drug-likeness (QED) is 0.711. The SMILES string of the molecule is Fc1cc(F)c([C@H]2SCCN2C(=S)Nc2ccc(Cl)cc2)c(F)c1. The number of nitrogens with one attached hydrogen (secondary N) is 1. The monoisotopic (exact) mass is 388 g/mol. The Kier molecular flexibility index (Phi) is 5.22. The van der Waals surface area contributed by atoms with Crippen molar-refractivity contribution in [1.82, 2.24) is 4.90 Å². The van der Waals surface area contributed by atoms with Crippen LogP contribution in [0.15, 0.2) is 36.4 Å². The summed E-state index contributed by atoms with van der Waals surface area (Å²) in [7, 11) is 0. The molecule has 24 heavy (non-hydrogen) atoms. The molecular weight excluding hydrogens is 377 g/mol. The Morgan fingerprint density at radius 3 is 2.42 bits per heavy atom. The van der Waals surface area contributed by atoms with Gasteiger partial charge in [-0.3, -0.25) is 0 Å². The molecule has 0 amide bonds. The molecule has 1 heterocycles. The first-order chi connectivity index (χ1) is 11.5. The summed E-state index contributed by atoms with van der Waals surface area (Å²) in [4.78, 5) is 1.69. The molecule has 1 saturated heterocycles. The van der Waals surface area contributed by atoms with Crippen molar-refractivity contribution in [3.05, 3.63) is 64.4 Å². The summed E-state index contributed by atoms with van der Waals surface area (Å²) in [5.41, 5.74) is 0.541. The molecule has 1 atom stereocenters. The van der Waals surface area contributed by atoms with Crippen LogP contribution in [-0.2, 0) is 0 Å². The van der Waals surface area contributed by atoms with Crippen molar-refractivity contribution in [2.75, 3.05) is 17.6 Å². The second kappa shape index (κ2) is 7.21. The Morgan fingerprint density at radius 1 is 1.17 bits per heavy atom. The number of anilines is 1. The topological polar surface area (TPSA) is 15.3 Å². The Hall–Kier alpha value is -1.44. The number of nitrogens with zero attached hydrogens (tertiary/aromatic N) is 1. The Morgan fingerprint density at radius 2 is 1.79 bits per heavy atom. The first-order valence-electron chi connectivity index (χ1n) is 7.05. The maximum atomic E-state index is 14.1. The second-order valence-corrected chi connectivity index (χ2v) is 7.15. The maximum Gasteiger partial charge on any atom is 0.174 e. The smallest absolute Gasteiger partial charge is 0.174 e. The number of benzene rings is 2. The number of thiocarbonyl (C=S) groups is 1. The zero-order chi connectivity index (χ0) is 17.3. The molecule has 3 rings (SSSR count). The van der Waals surface area contributed by atoms with Crippen LogP contribution in [0.1, 0.15) is 10.9 Å². The summed E-state index contributed by atoms with van der Waals surface area (Å²) in [5.74, 6) is -2.11. The molecule has 0 bridgehead atoms. The molecule has 0 spiro atoms. The molecule has 1 aliphatic heterocycles. The van der Waals surface area contributed by atoms with Crippen LogP contribution in [0.5, 0.6) is 0 Å². The van der Waals surface area contributed by atoms with Crippen molar-refractivity contribution in [3.63, 3.8) is 0 Å². The van der Waals surface area contributed by atoms with Crippen molar-refractivity contribution in [2.24, 2.45) is 0 Å². The number of hydrogen-bond acceptors (Lipinski definition) is 2. The zero-order valence-electron chi connectivity index (χ0n) is 12.2. The van der Waals surface area contributed by atoms with Crippen molar-refractivity contribution in [1.29, 1.82) is 0 Å². The lowest BCUT2D eigenvalue weighted by atomic mass is 10.1. The van der Waals surface area contributed by atoms with Crippen LogP contribution in [0.3, 0.4) is 0 Å². The van der Waals surface area contributed by atoms with E-state index in [0.29, 0.717) is 34.6 Å². The van der Waals surface area contributed by atoms with E-state index in [1.165, 1.54) is 11.8 Å². The summed E-state index contributed by atoms with van der Waals surface area (Å²) < 4.78 is 41.3. The largest absolute Gasteiger partial charge is 0.333 e. The van der Waals surface area contributed by atoms with Crippen molar-refractivity contribution < 1.29 is 13.2 Å². The highest BCUT2D eigenvalue weighted by atomic mass is 35.5. The van der Waals surface area contributed by atoms with Crippen molar-refractivity contribution >= 4 is 46.4 Å². The summed E-state index contributed by atoms with van der Waals surface area (Å²) in [6.07, 6.45) is 0. The van der Waals surface area contributed by atoms with Gasteiger partial charge in [-0.1, -0.05) is 11.6 Å². The average molecular weight is 389 g/mol. The average Bonchev–Trinajstić information content (AvgIpc) is 2.98. The number of rotatable bonds is 2. The van der Waals surface area contributed by atoms with Crippen molar-refractivity contribution in [2.45, 2.75) is 5.37 Å². The number of hydrogen-bond donors (Lipinski definition) is 1. The Labute approximate surface area is 152 Å². The van der Waals surface area contributed by atoms with Gasteiger partial charge in [-0.2, -0.15) is 0 Å². The summed E-state index contributed by atoms with van der Waals surface area (Å²) in [6, 6.07) is 8.30. The highest BCUT2D eigenvalue weighted by molar-refractivity contribution is 7.99. The molecule has 2 aromatic carbocycles. The minimum Gasteiger partial charge on any atom is -0.333 e. The lowest BCUT2D eigenvalue weighted by molar-refractivity contribution is 0.422. The van der Waals surface area contributed by atoms with E-state index < -0.39 is 22.8 Å². The first-order valence-corrected chi connectivity index (χ1v) is 8.88. The van der Waals surface area contributed by atoms with Crippen LogP contribution in [0.25, 0.3) is 0 Å². The molecule has 0 aliphatic carbocycles. The van der Waals surface area contributed by atoms with Crippen LogP contribution in [0, 0.1) is 17.5 Å². The third kappa shape index (κ3) is 3.63. The Balaban J connectivity index is 1.83. The molecule has 2 aromatic rings. The molecule has 0 radical (unpaired) electrons. The van der Waals surface area contributed by atoms with E-state index in [2.05, 4.69) is 5.32 Å². The van der Waals surface area contributed by atoms with Crippen LogP contribution in [0.4, 0.5) is 18.9 Å². The lowest BCUT2D eigenvalue weighted by Gasteiger charge is -2.27. The van der Waals surface area contributed by atoms with Gasteiger partial charge in [-0.05, 0) is 36.5 Å². The third-order valence-corrected chi connectivity index (χ3v) is 5.35. The summed E-state index contributed by atoms with van der Waals surface area (Å²) in [5, 5.41) is 3.32. The predicted molar refractivity (Wildman–Crippen MR) is 95.9 cm³/mol. The van der Waals surface area contributed by atoms with E-state index in [4.69, 9.17) is 23.8 Å². The summed E-state index contributed by atoms with van der Waals surface area (Å²) >= 11 is 12.6. The molecule has 0 unspecified atom stereocenters. The zero-order valence-corrected chi connectivity index (χ0v) is 14.6. The van der Waals surface area contributed by atoms with Gasteiger partial charge in [0.25, 0.3) is 0 Å². The van der Waals surface area contributed by atoms with Gasteiger partial charge in [-0.15, -0.1) is 11.8 Å².